The summed E-state index contributed by atoms with van der Waals surface area (Å²) < 4.78 is 27.1. The van der Waals surface area contributed by atoms with Gasteiger partial charge in [-0.05, 0) is 48.0 Å². The van der Waals surface area contributed by atoms with Crippen LogP contribution < -0.4 is 0 Å². The fourth-order valence-electron chi connectivity index (χ4n) is 2.34. The molecule has 0 amide bonds. The van der Waals surface area contributed by atoms with E-state index in [4.69, 9.17) is 0 Å². The van der Waals surface area contributed by atoms with Crippen molar-refractivity contribution in [1.82, 2.24) is 3.97 Å². The lowest BCUT2D eigenvalue weighted by molar-refractivity contribution is 0.0961. The lowest BCUT2D eigenvalue weighted by atomic mass is 10.1. The molecule has 1 unspecified atom stereocenters. The van der Waals surface area contributed by atoms with Crippen molar-refractivity contribution >= 4 is 36.4 Å². The Morgan fingerprint density at radius 3 is 2.45 bits per heavy atom. The summed E-state index contributed by atoms with van der Waals surface area (Å²) in [5, 5.41) is 0. The van der Waals surface area contributed by atoms with Crippen LogP contribution in [0.5, 0.6) is 0 Å². The first-order valence-electron chi connectivity index (χ1n) is 6.64. The van der Waals surface area contributed by atoms with Gasteiger partial charge < -0.3 is 0 Å². The Balaban J connectivity index is 2.21. The number of carbonyl (C=O) groups excluding carboxylic acids is 1. The topological polar surface area (TPSA) is 68.5 Å². The monoisotopic (exact) mass is 380 g/mol. The molecular formula is C15H13BrN2O3S. The van der Waals surface area contributed by atoms with Gasteiger partial charge in [0, 0.05) is 11.8 Å². The SMILES string of the molecule is Cc1ccc(S(=O)(=O)n2ccc3c2C(=O)C(C)N=C3Br)cc1. The van der Waals surface area contributed by atoms with Crippen molar-refractivity contribution in [3.8, 4) is 0 Å². The number of ketones is 1. The largest absolute Gasteiger partial charge is 0.290 e. The minimum absolute atomic E-state index is 0.148. The molecule has 5 nitrogen and oxygen atoms in total. The van der Waals surface area contributed by atoms with Gasteiger partial charge in [-0.2, -0.15) is 0 Å². The highest BCUT2D eigenvalue weighted by Gasteiger charge is 2.32. The maximum atomic E-state index is 12.8. The van der Waals surface area contributed by atoms with Gasteiger partial charge in [-0.15, -0.1) is 0 Å². The molecule has 3 rings (SSSR count). The second-order valence-corrected chi connectivity index (χ2v) is 7.72. The van der Waals surface area contributed by atoms with Gasteiger partial charge in [-0.25, -0.2) is 12.4 Å². The van der Waals surface area contributed by atoms with Crippen LogP contribution in [0.2, 0.25) is 0 Å². The second kappa shape index (κ2) is 5.17. The smallest absolute Gasteiger partial charge is 0.268 e. The number of fused-ring (bicyclic) bond motifs is 1. The molecule has 0 N–H and O–H groups in total. The Morgan fingerprint density at radius 2 is 1.82 bits per heavy atom. The van der Waals surface area contributed by atoms with Gasteiger partial charge in [0.2, 0.25) is 5.78 Å². The van der Waals surface area contributed by atoms with Gasteiger partial charge in [-0.3, -0.25) is 9.79 Å². The summed E-state index contributed by atoms with van der Waals surface area (Å²) in [4.78, 5) is 16.7. The van der Waals surface area contributed by atoms with E-state index in [2.05, 4.69) is 20.9 Å². The van der Waals surface area contributed by atoms with Crippen molar-refractivity contribution in [2.45, 2.75) is 24.8 Å². The number of Topliss-reactive ketones (excluding diaryl/α,β-unsaturated/α-hetero) is 1. The van der Waals surface area contributed by atoms with Crippen LogP contribution in [0, 0.1) is 6.92 Å². The molecule has 7 heteroatoms. The van der Waals surface area contributed by atoms with Crippen LogP contribution in [-0.4, -0.2) is 28.8 Å². The van der Waals surface area contributed by atoms with E-state index >= 15 is 0 Å². The van der Waals surface area contributed by atoms with Crippen molar-refractivity contribution in [2.24, 2.45) is 4.99 Å². The maximum Gasteiger partial charge on any atom is 0.268 e. The normalized spacial score (nSPS) is 18.0. The molecule has 1 aliphatic rings. The van der Waals surface area contributed by atoms with Crippen molar-refractivity contribution in [2.75, 3.05) is 0 Å². The maximum absolute atomic E-state index is 12.8. The molecule has 0 saturated heterocycles. The molecule has 0 spiro atoms. The Morgan fingerprint density at radius 1 is 1.18 bits per heavy atom. The Kier molecular flexibility index (Phi) is 3.57. The standard InChI is InChI=1S/C15H13BrN2O3S/c1-9-3-5-11(6-4-9)22(20,21)18-8-7-12-13(18)14(19)10(2)17-15(12)16/h3-8,10H,1-2H3. The van der Waals surface area contributed by atoms with Gasteiger partial charge in [0.25, 0.3) is 10.0 Å². The third-order valence-electron chi connectivity index (χ3n) is 3.57. The minimum atomic E-state index is -3.81. The van der Waals surface area contributed by atoms with Gasteiger partial charge in [-0.1, -0.05) is 17.7 Å². The Bertz CT molecular complexity index is 895. The molecule has 2 heterocycles. The van der Waals surface area contributed by atoms with Crippen molar-refractivity contribution in [1.29, 1.82) is 0 Å². The van der Waals surface area contributed by atoms with Crippen molar-refractivity contribution in [3.05, 3.63) is 53.3 Å². The number of hydrogen-bond acceptors (Lipinski definition) is 4. The predicted molar refractivity (Wildman–Crippen MR) is 87.5 cm³/mol. The van der Waals surface area contributed by atoms with E-state index in [-0.39, 0.29) is 16.4 Å². The van der Waals surface area contributed by atoms with Crippen LogP contribution in [-0.2, 0) is 10.0 Å². The van der Waals surface area contributed by atoms with E-state index in [1.807, 2.05) is 6.92 Å². The summed E-state index contributed by atoms with van der Waals surface area (Å²) in [5.74, 6) is -0.307. The second-order valence-electron chi connectivity index (χ2n) is 5.15. The average molecular weight is 381 g/mol. The summed E-state index contributed by atoms with van der Waals surface area (Å²) in [6, 6.07) is 7.51. The van der Waals surface area contributed by atoms with Gasteiger partial charge in [0.15, 0.2) is 0 Å². The molecule has 2 aromatic rings. The number of halogens is 1. The van der Waals surface area contributed by atoms with Crippen molar-refractivity contribution in [3.63, 3.8) is 0 Å². The molecule has 1 aromatic heterocycles. The third kappa shape index (κ3) is 2.24. The quantitative estimate of drug-likeness (QED) is 0.804. The predicted octanol–water partition coefficient (Wildman–Crippen LogP) is 2.76. The fraction of sp³-hybridized carbons (Fsp3) is 0.200. The Hall–Kier alpha value is -1.73. The van der Waals surface area contributed by atoms with Crippen LogP contribution in [0.25, 0.3) is 0 Å². The van der Waals surface area contributed by atoms with Gasteiger partial charge >= 0.3 is 0 Å². The first kappa shape index (κ1) is 15.2. The molecule has 1 aliphatic heterocycles. The molecule has 1 atom stereocenters. The lowest BCUT2D eigenvalue weighted by Gasteiger charge is -2.17. The first-order valence-corrected chi connectivity index (χ1v) is 8.87. The first-order chi connectivity index (χ1) is 10.3. The molecule has 0 bridgehead atoms. The zero-order valence-corrected chi connectivity index (χ0v) is 14.3. The van der Waals surface area contributed by atoms with Crippen LogP contribution in [0.3, 0.4) is 0 Å². The number of hydrogen-bond donors (Lipinski definition) is 0. The number of benzene rings is 1. The highest BCUT2D eigenvalue weighted by atomic mass is 79.9. The molecule has 1 aromatic carbocycles. The van der Waals surface area contributed by atoms with E-state index in [9.17, 15) is 13.2 Å². The van der Waals surface area contributed by atoms with Gasteiger partial charge in [0.1, 0.15) is 16.4 Å². The van der Waals surface area contributed by atoms with Crippen molar-refractivity contribution < 1.29 is 13.2 Å². The van der Waals surface area contributed by atoms with Gasteiger partial charge in [0.05, 0.1) is 4.90 Å². The summed E-state index contributed by atoms with van der Waals surface area (Å²) in [5.41, 5.74) is 1.61. The van der Waals surface area contributed by atoms with E-state index in [0.717, 1.165) is 9.54 Å². The zero-order valence-electron chi connectivity index (χ0n) is 11.9. The lowest BCUT2D eigenvalue weighted by Crippen LogP contribution is -2.28. The number of aliphatic imine (C=N–C) groups is 1. The molecule has 22 heavy (non-hydrogen) atoms. The summed E-state index contributed by atoms with van der Waals surface area (Å²) in [6.45, 7) is 3.52. The minimum Gasteiger partial charge on any atom is -0.290 e. The number of nitrogens with zero attached hydrogens (tertiary/aromatic N) is 2. The third-order valence-corrected chi connectivity index (χ3v) is 5.89. The van der Waals surface area contributed by atoms with E-state index in [0.29, 0.717) is 10.2 Å². The molecule has 0 aliphatic carbocycles. The average Bonchev–Trinajstić information content (AvgIpc) is 2.91. The number of aromatic nitrogens is 1. The summed E-state index contributed by atoms with van der Waals surface area (Å²) >= 11 is 3.29. The molecule has 0 saturated carbocycles. The molecule has 114 valence electrons. The number of rotatable bonds is 2. The molecule has 0 fully saturated rings. The van der Waals surface area contributed by atoms with E-state index < -0.39 is 16.1 Å². The number of carbonyl (C=O) groups is 1. The fourth-order valence-corrected chi connectivity index (χ4v) is 4.33. The summed E-state index contributed by atoms with van der Waals surface area (Å²) in [7, 11) is -3.81. The zero-order chi connectivity index (χ0) is 16.1. The Labute approximate surface area is 136 Å². The van der Waals surface area contributed by atoms with Crippen LogP contribution >= 0.6 is 15.9 Å². The van der Waals surface area contributed by atoms with E-state index in [1.54, 1.807) is 25.1 Å². The molecular weight excluding hydrogens is 368 g/mol. The number of aryl methyl sites for hydroxylation is 1. The highest BCUT2D eigenvalue weighted by Crippen LogP contribution is 2.27. The van der Waals surface area contributed by atoms with Crippen LogP contribution in [0.4, 0.5) is 0 Å². The molecule has 0 radical (unpaired) electrons. The summed E-state index contributed by atoms with van der Waals surface area (Å²) in [6.07, 6.45) is 1.40. The van der Waals surface area contributed by atoms with E-state index in [1.165, 1.54) is 18.3 Å². The van der Waals surface area contributed by atoms with Crippen LogP contribution in [0.15, 0.2) is 46.4 Å². The van der Waals surface area contributed by atoms with Crippen LogP contribution in [0.1, 0.15) is 28.5 Å². The highest BCUT2D eigenvalue weighted by molar-refractivity contribution is 9.18.